The minimum Gasteiger partial charge on any atom is -0.472 e. The lowest BCUT2D eigenvalue weighted by Gasteiger charge is -2.53. The Morgan fingerprint density at radius 3 is 2.80 bits per heavy atom. The summed E-state index contributed by atoms with van der Waals surface area (Å²) >= 11 is 0. The van der Waals surface area contributed by atoms with Crippen molar-refractivity contribution in [3.8, 4) is 0 Å². The van der Waals surface area contributed by atoms with E-state index in [1.807, 2.05) is 6.07 Å². The lowest BCUT2D eigenvalue weighted by molar-refractivity contribution is -0.133. The van der Waals surface area contributed by atoms with Gasteiger partial charge >= 0.3 is 0 Å². The number of furan rings is 1. The summed E-state index contributed by atoms with van der Waals surface area (Å²) in [6.45, 7) is 0. The first-order chi connectivity index (χ1) is 7.27. The van der Waals surface area contributed by atoms with Gasteiger partial charge in [-0.15, -0.1) is 0 Å². The van der Waals surface area contributed by atoms with Crippen LogP contribution < -0.4 is 0 Å². The molecule has 0 radical (unpaired) electrons. The second-order valence-electron chi connectivity index (χ2n) is 5.23. The topological polar surface area (TPSA) is 30.2 Å². The number of rotatable bonds is 3. The molecule has 1 aromatic rings. The van der Waals surface area contributed by atoms with Crippen molar-refractivity contribution in [3.63, 3.8) is 0 Å². The molecule has 1 spiro atoms. The van der Waals surface area contributed by atoms with Crippen molar-refractivity contribution in [2.45, 2.75) is 38.5 Å². The molecule has 0 N–H and O–H groups in total. The third-order valence-corrected chi connectivity index (χ3v) is 4.19. The Morgan fingerprint density at radius 2 is 2.27 bits per heavy atom. The summed E-state index contributed by atoms with van der Waals surface area (Å²) in [5.41, 5.74) is 1.63. The Labute approximate surface area is 89.7 Å². The van der Waals surface area contributed by atoms with Crippen LogP contribution in [0.5, 0.6) is 0 Å². The smallest absolute Gasteiger partial charge is 0.140 e. The van der Waals surface area contributed by atoms with Gasteiger partial charge in [0.05, 0.1) is 12.5 Å². The van der Waals surface area contributed by atoms with Gasteiger partial charge in [-0.2, -0.15) is 0 Å². The first-order valence-electron chi connectivity index (χ1n) is 5.81. The number of hydrogen-bond donors (Lipinski definition) is 0. The predicted molar refractivity (Wildman–Crippen MR) is 56.4 cm³/mol. The maximum absolute atomic E-state index is 11.9. The quantitative estimate of drug-likeness (QED) is 0.757. The predicted octanol–water partition coefficient (Wildman–Crippen LogP) is 2.97. The molecule has 0 unspecified atom stereocenters. The molecule has 0 aliphatic heterocycles. The Kier molecular flexibility index (Phi) is 1.98. The molecule has 2 saturated carbocycles. The van der Waals surface area contributed by atoms with Crippen molar-refractivity contribution < 1.29 is 9.21 Å². The van der Waals surface area contributed by atoms with E-state index < -0.39 is 0 Å². The fraction of sp³-hybridized carbons (Fsp3) is 0.615. The normalized spacial score (nSPS) is 23.5. The zero-order chi connectivity index (χ0) is 10.3. The average Bonchev–Trinajstić information content (AvgIpc) is 2.51. The minimum absolute atomic E-state index is 0.347. The summed E-state index contributed by atoms with van der Waals surface area (Å²) in [6.07, 6.45) is 10.3. The molecule has 2 nitrogen and oxygen atoms in total. The number of carbonyl (C=O) groups excluding carboxylic acids is 1. The van der Waals surface area contributed by atoms with E-state index in [1.165, 1.54) is 19.3 Å². The van der Waals surface area contributed by atoms with E-state index in [0.717, 1.165) is 18.4 Å². The van der Waals surface area contributed by atoms with Crippen molar-refractivity contribution in [3.05, 3.63) is 24.2 Å². The third kappa shape index (κ3) is 1.52. The van der Waals surface area contributed by atoms with Crippen LogP contribution in [-0.2, 0) is 11.2 Å². The summed E-state index contributed by atoms with van der Waals surface area (Å²) in [5.74, 6) is 0.758. The van der Waals surface area contributed by atoms with Gasteiger partial charge in [-0.25, -0.2) is 0 Å². The largest absolute Gasteiger partial charge is 0.472 e. The molecule has 2 aliphatic carbocycles. The van der Waals surface area contributed by atoms with Gasteiger partial charge in [-0.05, 0) is 42.7 Å². The Bertz CT molecular complexity index is 352. The van der Waals surface area contributed by atoms with Crippen molar-refractivity contribution >= 4 is 5.78 Å². The van der Waals surface area contributed by atoms with Crippen molar-refractivity contribution in [2.75, 3.05) is 0 Å². The van der Waals surface area contributed by atoms with Crippen LogP contribution in [0.15, 0.2) is 23.0 Å². The summed E-state index contributed by atoms with van der Waals surface area (Å²) in [6, 6.07) is 1.88. The molecule has 0 aromatic carbocycles. The number of Topliss-reactive ketones (excluding diaryl/α,β-unsaturated/α-hetero) is 1. The first-order valence-corrected chi connectivity index (χ1v) is 5.81. The van der Waals surface area contributed by atoms with E-state index in [1.54, 1.807) is 12.5 Å². The van der Waals surface area contributed by atoms with Gasteiger partial charge in [-0.3, -0.25) is 4.79 Å². The number of hydrogen-bond acceptors (Lipinski definition) is 2. The van der Waals surface area contributed by atoms with E-state index in [9.17, 15) is 4.79 Å². The monoisotopic (exact) mass is 204 g/mol. The Balaban J connectivity index is 1.54. The molecule has 1 aromatic heterocycles. The fourth-order valence-corrected chi connectivity index (χ4v) is 3.04. The highest BCUT2D eigenvalue weighted by molar-refractivity contribution is 5.84. The molecule has 3 rings (SSSR count). The van der Waals surface area contributed by atoms with E-state index >= 15 is 0 Å². The molecule has 2 heteroatoms. The summed E-state index contributed by atoms with van der Waals surface area (Å²) in [4.78, 5) is 11.9. The second kappa shape index (κ2) is 3.22. The van der Waals surface area contributed by atoms with E-state index in [4.69, 9.17) is 4.42 Å². The fourth-order valence-electron chi connectivity index (χ4n) is 3.04. The molecule has 15 heavy (non-hydrogen) atoms. The highest BCUT2D eigenvalue weighted by Gasteiger charge is 2.50. The highest BCUT2D eigenvalue weighted by atomic mass is 16.3. The van der Waals surface area contributed by atoms with Crippen LogP contribution in [0.2, 0.25) is 0 Å². The van der Waals surface area contributed by atoms with Gasteiger partial charge in [0.25, 0.3) is 0 Å². The molecular formula is C13H16O2. The summed E-state index contributed by atoms with van der Waals surface area (Å²) < 4.78 is 4.97. The van der Waals surface area contributed by atoms with Gasteiger partial charge in [0, 0.05) is 12.3 Å². The van der Waals surface area contributed by atoms with Crippen LogP contribution in [0.3, 0.4) is 0 Å². The number of carbonyl (C=O) groups is 1. The van der Waals surface area contributed by atoms with E-state index in [2.05, 4.69) is 0 Å². The molecule has 2 aliphatic rings. The minimum atomic E-state index is 0.347. The molecule has 0 bridgehead atoms. The van der Waals surface area contributed by atoms with Gasteiger partial charge in [0.15, 0.2) is 0 Å². The Morgan fingerprint density at radius 1 is 1.47 bits per heavy atom. The molecular weight excluding hydrogens is 188 g/mol. The van der Waals surface area contributed by atoms with Crippen molar-refractivity contribution in [1.29, 1.82) is 0 Å². The second-order valence-corrected chi connectivity index (χ2v) is 5.23. The van der Waals surface area contributed by atoms with Crippen LogP contribution >= 0.6 is 0 Å². The molecule has 0 saturated heterocycles. The van der Waals surface area contributed by atoms with E-state index in [0.29, 0.717) is 23.5 Å². The first kappa shape index (κ1) is 9.20. The lowest BCUT2D eigenvalue weighted by atomic mass is 9.51. The van der Waals surface area contributed by atoms with Gasteiger partial charge in [0.1, 0.15) is 5.78 Å². The SMILES string of the molecule is O=C(Cc1ccoc1)C1CC2(CCC2)C1. The number of ketones is 1. The van der Waals surface area contributed by atoms with Crippen LogP contribution in [0.4, 0.5) is 0 Å². The average molecular weight is 204 g/mol. The van der Waals surface area contributed by atoms with Crippen molar-refractivity contribution in [2.24, 2.45) is 11.3 Å². The van der Waals surface area contributed by atoms with Crippen LogP contribution in [-0.4, -0.2) is 5.78 Å². The maximum Gasteiger partial charge on any atom is 0.140 e. The maximum atomic E-state index is 11.9. The standard InChI is InChI=1S/C13H16O2/c14-12(6-10-2-5-15-9-10)11-7-13(8-11)3-1-4-13/h2,5,9,11H,1,3-4,6-8H2. The van der Waals surface area contributed by atoms with Gasteiger partial charge < -0.3 is 4.42 Å². The molecule has 0 amide bonds. The molecule has 2 fully saturated rings. The Hall–Kier alpha value is -1.05. The van der Waals surface area contributed by atoms with Crippen molar-refractivity contribution in [1.82, 2.24) is 0 Å². The third-order valence-electron chi connectivity index (χ3n) is 4.19. The molecule has 1 heterocycles. The zero-order valence-corrected chi connectivity index (χ0v) is 8.87. The van der Waals surface area contributed by atoms with E-state index in [-0.39, 0.29) is 0 Å². The molecule has 80 valence electrons. The van der Waals surface area contributed by atoms with Gasteiger partial charge in [0.2, 0.25) is 0 Å². The van der Waals surface area contributed by atoms with Crippen LogP contribution in [0, 0.1) is 11.3 Å². The summed E-state index contributed by atoms with van der Waals surface area (Å²) in [7, 11) is 0. The van der Waals surface area contributed by atoms with Crippen LogP contribution in [0.1, 0.15) is 37.7 Å². The van der Waals surface area contributed by atoms with Crippen LogP contribution in [0.25, 0.3) is 0 Å². The molecule has 0 atom stereocenters. The zero-order valence-electron chi connectivity index (χ0n) is 8.87. The van der Waals surface area contributed by atoms with Gasteiger partial charge in [-0.1, -0.05) is 6.42 Å². The highest BCUT2D eigenvalue weighted by Crippen LogP contribution is 2.58. The lowest BCUT2D eigenvalue weighted by Crippen LogP contribution is -2.46. The summed E-state index contributed by atoms with van der Waals surface area (Å²) in [5, 5.41) is 0.